The second-order valence-corrected chi connectivity index (χ2v) is 5.84. The lowest BCUT2D eigenvalue weighted by atomic mass is 9.97. The number of rotatable bonds is 2. The molecule has 3 aromatic rings. The molecular weight excluding hydrogens is 324 g/mol. The van der Waals surface area contributed by atoms with Gasteiger partial charge in [-0.25, -0.2) is 0 Å². The molecule has 0 aliphatic rings. The van der Waals surface area contributed by atoms with Crippen LogP contribution >= 0.6 is 11.6 Å². The Hall–Kier alpha value is -2.92. The number of aliphatic imine (C=N–C) groups is 1. The van der Waals surface area contributed by atoms with Crippen LogP contribution in [-0.2, 0) is 0 Å². The first kappa shape index (κ1) is 16.0. The van der Waals surface area contributed by atoms with Crippen molar-refractivity contribution in [3.8, 4) is 11.3 Å². The van der Waals surface area contributed by atoms with Crippen molar-refractivity contribution in [2.24, 2.45) is 16.5 Å². The Kier molecular flexibility index (Phi) is 4.18. The number of guanidine groups is 1. The fraction of sp³-hybridized carbons (Fsp3) is 0.0556. The van der Waals surface area contributed by atoms with E-state index in [0.717, 1.165) is 27.6 Å². The predicted molar refractivity (Wildman–Crippen MR) is 97.1 cm³/mol. The Labute approximate surface area is 144 Å². The summed E-state index contributed by atoms with van der Waals surface area (Å²) in [7, 11) is 0. The normalized spacial score (nSPS) is 10.6. The van der Waals surface area contributed by atoms with E-state index < -0.39 is 5.91 Å². The van der Waals surface area contributed by atoms with E-state index in [9.17, 15) is 4.79 Å². The topological polar surface area (TPSA) is 94.4 Å². The molecule has 4 N–H and O–H groups in total. The van der Waals surface area contributed by atoms with Gasteiger partial charge in [-0.15, -0.1) is 0 Å². The summed E-state index contributed by atoms with van der Waals surface area (Å²) in [4.78, 5) is 20.1. The highest BCUT2D eigenvalue weighted by molar-refractivity contribution is 6.30. The molecule has 1 heterocycles. The molecule has 6 heteroatoms. The predicted octanol–water partition coefficient (Wildman–Crippen LogP) is 3.28. The van der Waals surface area contributed by atoms with Gasteiger partial charge >= 0.3 is 0 Å². The third-order valence-electron chi connectivity index (χ3n) is 3.66. The van der Waals surface area contributed by atoms with Crippen LogP contribution in [0.5, 0.6) is 0 Å². The Morgan fingerprint density at radius 1 is 1.17 bits per heavy atom. The van der Waals surface area contributed by atoms with Gasteiger partial charge in [-0.05, 0) is 41.5 Å². The molecule has 0 fully saturated rings. The van der Waals surface area contributed by atoms with Gasteiger partial charge in [0, 0.05) is 17.3 Å². The Balaban J connectivity index is 2.22. The van der Waals surface area contributed by atoms with E-state index in [0.29, 0.717) is 10.6 Å². The minimum atomic E-state index is -0.479. The molecule has 0 aliphatic heterocycles. The van der Waals surface area contributed by atoms with E-state index in [-0.39, 0.29) is 5.96 Å². The number of benzene rings is 2. The lowest BCUT2D eigenvalue weighted by Crippen LogP contribution is -2.24. The molecule has 24 heavy (non-hydrogen) atoms. The first-order valence-corrected chi connectivity index (χ1v) is 7.63. The second-order valence-electron chi connectivity index (χ2n) is 5.40. The zero-order chi connectivity index (χ0) is 17.3. The number of amides is 1. The van der Waals surface area contributed by atoms with Crippen LogP contribution < -0.4 is 11.5 Å². The Morgan fingerprint density at radius 3 is 2.67 bits per heavy atom. The number of nitrogens with two attached hydrogens (primary N) is 2. The minimum absolute atomic E-state index is 0.261. The number of pyridine rings is 1. The van der Waals surface area contributed by atoms with Crippen molar-refractivity contribution in [2.45, 2.75) is 6.92 Å². The molecule has 0 atom stereocenters. The number of nitrogens with zero attached hydrogens (tertiary/aromatic N) is 2. The van der Waals surface area contributed by atoms with E-state index in [4.69, 9.17) is 23.1 Å². The summed E-state index contributed by atoms with van der Waals surface area (Å²) >= 11 is 5.99. The molecule has 0 saturated carbocycles. The molecule has 5 nitrogen and oxygen atoms in total. The van der Waals surface area contributed by atoms with Gasteiger partial charge < -0.3 is 11.5 Å². The number of fused-ring (bicyclic) bond motifs is 1. The number of halogens is 1. The number of aromatic nitrogens is 1. The molecule has 0 unspecified atom stereocenters. The summed E-state index contributed by atoms with van der Waals surface area (Å²) in [5, 5.41) is 2.47. The molecule has 1 amide bonds. The maximum absolute atomic E-state index is 12.1. The molecule has 120 valence electrons. The van der Waals surface area contributed by atoms with Gasteiger partial charge in [0.1, 0.15) is 0 Å². The average Bonchev–Trinajstić information content (AvgIpc) is 2.53. The third-order valence-corrected chi connectivity index (χ3v) is 3.87. The van der Waals surface area contributed by atoms with E-state index in [2.05, 4.69) is 9.98 Å². The zero-order valence-corrected chi connectivity index (χ0v) is 13.7. The van der Waals surface area contributed by atoms with Gasteiger partial charge in [-0.3, -0.25) is 9.78 Å². The van der Waals surface area contributed by atoms with Gasteiger partial charge in [0.25, 0.3) is 5.91 Å². The van der Waals surface area contributed by atoms with Crippen molar-refractivity contribution in [1.82, 2.24) is 4.98 Å². The van der Waals surface area contributed by atoms with E-state index in [1.165, 1.54) is 0 Å². The molecule has 0 bridgehead atoms. The van der Waals surface area contributed by atoms with Crippen LogP contribution in [0.3, 0.4) is 0 Å². The van der Waals surface area contributed by atoms with Crippen molar-refractivity contribution < 1.29 is 4.79 Å². The first-order chi connectivity index (χ1) is 11.5. The molecule has 0 saturated heterocycles. The van der Waals surface area contributed by atoms with E-state index in [1.54, 1.807) is 18.3 Å². The van der Waals surface area contributed by atoms with Gasteiger partial charge in [0.2, 0.25) is 0 Å². The van der Waals surface area contributed by atoms with Crippen LogP contribution in [-0.4, -0.2) is 16.9 Å². The highest BCUT2D eigenvalue weighted by Gasteiger charge is 2.11. The van der Waals surface area contributed by atoms with Crippen molar-refractivity contribution in [2.75, 3.05) is 0 Å². The Bertz CT molecular complexity index is 978. The van der Waals surface area contributed by atoms with Gasteiger partial charge in [-0.1, -0.05) is 35.9 Å². The summed E-state index contributed by atoms with van der Waals surface area (Å²) in [6.07, 6.45) is 1.61. The quantitative estimate of drug-likeness (QED) is 0.553. The number of hydrogen-bond donors (Lipinski definition) is 2. The van der Waals surface area contributed by atoms with Gasteiger partial charge in [0.15, 0.2) is 5.96 Å². The standard InChI is InChI=1S/C18H15ClN4O/c1-10-7-13(19)9-22-16(10)14-4-2-3-11-5-6-12(8-15(11)14)17(24)23-18(20)21/h2-9H,1H3,(H4,20,21,23,24). The summed E-state index contributed by atoms with van der Waals surface area (Å²) in [5.74, 6) is -0.740. The van der Waals surface area contributed by atoms with Crippen LogP contribution in [0.4, 0.5) is 0 Å². The first-order valence-electron chi connectivity index (χ1n) is 7.25. The molecule has 2 aromatic carbocycles. The molecule has 0 aliphatic carbocycles. The monoisotopic (exact) mass is 338 g/mol. The summed E-state index contributed by atoms with van der Waals surface area (Å²) in [6.45, 7) is 1.95. The highest BCUT2D eigenvalue weighted by Crippen LogP contribution is 2.31. The summed E-state index contributed by atoms with van der Waals surface area (Å²) < 4.78 is 0. The number of hydrogen-bond acceptors (Lipinski definition) is 2. The average molecular weight is 339 g/mol. The molecular formula is C18H15ClN4O. The van der Waals surface area contributed by atoms with E-state index in [1.807, 2.05) is 37.3 Å². The Morgan fingerprint density at radius 2 is 1.96 bits per heavy atom. The second kappa shape index (κ2) is 6.29. The lowest BCUT2D eigenvalue weighted by Gasteiger charge is -2.10. The van der Waals surface area contributed by atoms with Crippen LogP contribution in [0.25, 0.3) is 22.0 Å². The SMILES string of the molecule is Cc1cc(Cl)cnc1-c1cccc2ccc(C(=O)N=C(N)N)cc12. The third kappa shape index (κ3) is 3.07. The van der Waals surface area contributed by atoms with E-state index >= 15 is 0 Å². The van der Waals surface area contributed by atoms with Crippen molar-refractivity contribution in [1.29, 1.82) is 0 Å². The van der Waals surface area contributed by atoms with Crippen LogP contribution in [0, 0.1) is 6.92 Å². The zero-order valence-electron chi connectivity index (χ0n) is 13.0. The van der Waals surface area contributed by atoms with Crippen molar-refractivity contribution >= 4 is 34.2 Å². The number of carbonyl (C=O) groups excluding carboxylic acids is 1. The largest absolute Gasteiger partial charge is 0.370 e. The number of aryl methyl sites for hydroxylation is 1. The van der Waals surface area contributed by atoms with Crippen molar-refractivity contribution in [3.63, 3.8) is 0 Å². The lowest BCUT2D eigenvalue weighted by molar-refractivity contribution is 0.100. The molecule has 0 spiro atoms. The maximum atomic E-state index is 12.1. The smallest absolute Gasteiger partial charge is 0.280 e. The number of carbonyl (C=O) groups is 1. The fourth-order valence-corrected chi connectivity index (χ4v) is 2.83. The fourth-order valence-electron chi connectivity index (χ4n) is 2.62. The van der Waals surface area contributed by atoms with Crippen LogP contribution in [0.2, 0.25) is 5.02 Å². The van der Waals surface area contributed by atoms with Crippen molar-refractivity contribution in [3.05, 3.63) is 64.8 Å². The molecule has 0 radical (unpaired) electrons. The summed E-state index contributed by atoms with van der Waals surface area (Å²) in [6, 6.07) is 13.1. The maximum Gasteiger partial charge on any atom is 0.280 e. The summed E-state index contributed by atoms with van der Waals surface area (Å²) in [5.41, 5.74) is 13.7. The van der Waals surface area contributed by atoms with Crippen LogP contribution in [0.1, 0.15) is 15.9 Å². The van der Waals surface area contributed by atoms with Crippen LogP contribution in [0.15, 0.2) is 53.7 Å². The van der Waals surface area contributed by atoms with Gasteiger partial charge in [-0.2, -0.15) is 4.99 Å². The molecule has 1 aromatic heterocycles. The van der Waals surface area contributed by atoms with Gasteiger partial charge in [0.05, 0.1) is 10.7 Å². The minimum Gasteiger partial charge on any atom is -0.370 e. The molecule has 3 rings (SSSR count). The highest BCUT2D eigenvalue weighted by atomic mass is 35.5.